The van der Waals surface area contributed by atoms with Gasteiger partial charge < -0.3 is 4.74 Å². The Morgan fingerprint density at radius 1 is 1.04 bits per heavy atom. The van der Waals surface area contributed by atoms with E-state index in [1.54, 1.807) is 7.11 Å². The molecule has 4 nitrogen and oxygen atoms in total. The van der Waals surface area contributed by atoms with Crippen molar-refractivity contribution < 1.29 is 4.74 Å². The average Bonchev–Trinajstić information content (AvgIpc) is 3.00. The minimum absolute atomic E-state index is 0.139. The van der Waals surface area contributed by atoms with Crippen molar-refractivity contribution in [2.45, 2.75) is 26.7 Å². The second kappa shape index (κ2) is 6.29. The van der Waals surface area contributed by atoms with Crippen molar-refractivity contribution in [3.63, 3.8) is 0 Å². The molecule has 26 heavy (non-hydrogen) atoms. The summed E-state index contributed by atoms with van der Waals surface area (Å²) in [4.78, 5) is 0. The van der Waals surface area contributed by atoms with Crippen LogP contribution < -0.4 is 4.74 Å². The van der Waals surface area contributed by atoms with Crippen LogP contribution in [0.5, 0.6) is 5.75 Å². The first-order valence-electron chi connectivity index (χ1n) is 8.58. The van der Waals surface area contributed by atoms with Gasteiger partial charge in [-0.3, -0.25) is 4.57 Å². The molecule has 4 rings (SSSR count). The molecule has 0 fully saturated rings. The number of allylic oxidation sites excluding steroid dienone is 1. The summed E-state index contributed by atoms with van der Waals surface area (Å²) in [6, 6.07) is 14.1. The van der Waals surface area contributed by atoms with Crippen LogP contribution in [0.4, 0.5) is 0 Å². The van der Waals surface area contributed by atoms with Crippen LogP contribution in [0.3, 0.4) is 0 Å². The molecule has 132 valence electrons. The summed E-state index contributed by atoms with van der Waals surface area (Å²) < 4.78 is 7.65. The molecule has 1 unspecified atom stereocenters. The molecule has 0 spiro atoms. The Hall–Kier alpha value is -2.59. The molecule has 1 atom stereocenters. The standard InChI is InChI=1S/C21H20ClN3O/c1-12-13(2)21-24-23-14(3)25(21)19-10-9-17(26-4)11-18(19)20(12)15-5-7-16(22)8-6-15/h5-11,13H,1-4H3. The molecule has 1 aliphatic rings. The molecule has 2 aromatic carbocycles. The van der Waals surface area contributed by atoms with Crippen molar-refractivity contribution in [3.05, 3.63) is 75.8 Å². The lowest BCUT2D eigenvalue weighted by Gasteiger charge is -2.16. The van der Waals surface area contributed by atoms with E-state index in [-0.39, 0.29) is 5.92 Å². The van der Waals surface area contributed by atoms with E-state index < -0.39 is 0 Å². The Balaban J connectivity index is 2.08. The summed E-state index contributed by atoms with van der Waals surface area (Å²) >= 11 is 6.11. The predicted octanol–water partition coefficient (Wildman–Crippen LogP) is 5.18. The molecule has 1 aromatic heterocycles. The second-order valence-corrected chi connectivity index (χ2v) is 7.05. The van der Waals surface area contributed by atoms with Crippen LogP contribution in [0.15, 0.2) is 48.0 Å². The van der Waals surface area contributed by atoms with E-state index in [0.717, 1.165) is 39.2 Å². The third-order valence-corrected chi connectivity index (χ3v) is 5.38. The van der Waals surface area contributed by atoms with E-state index in [4.69, 9.17) is 16.3 Å². The first-order chi connectivity index (χ1) is 12.5. The number of halogens is 1. The molecule has 0 amide bonds. The third-order valence-electron chi connectivity index (χ3n) is 5.13. The Morgan fingerprint density at radius 3 is 2.46 bits per heavy atom. The molecule has 2 heterocycles. The maximum absolute atomic E-state index is 6.11. The molecular formula is C21H20ClN3O. The van der Waals surface area contributed by atoms with Crippen molar-refractivity contribution in [3.8, 4) is 11.4 Å². The molecule has 0 aliphatic carbocycles. The number of benzene rings is 2. The molecule has 0 N–H and O–H groups in total. The molecule has 1 aliphatic heterocycles. The van der Waals surface area contributed by atoms with Gasteiger partial charge in [-0.15, -0.1) is 10.2 Å². The van der Waals surface area contributed by atoms with Gasteiger partial charge in [0, 0.05) is 16.5 Å². The van der Waals surface area contributed by atoms with E-state index in [1.165, 1.54) is 11.1 Å². The van der Waals surface area contributed by atoms with Crippen molar-refractivity contribution in [1.29, 1.82) is 0 Å². The van der Waals surface area contributed by atoms with Crippen molar-refractivity contribution in [1.82, 2.24) is 14.8 Å². The van der Waals surface area contributed by atoms with Gasteiger partial charge in [0.1, 0.15) is 17.4 Å². The maximum Gasteiger partial charge on any atom is 0.144 e. The fraction of sp³-hybridized carbons (Fsp3) is 0.238. The van der Waals surface area contributed by atoms with Crippen molar-refractivity contribution in [2.24, 2.45) is 0 Å². The van der Waals surface area contributed by atoms with Crippen LogP contribution in [0, 0.1) is 6.92 Å². The summed E-state index contributed by atoms with van der Waals surface area (Å²) in [5, 5.41) is 9.50. The van der Waals surface area contributed by atoms with Crippen molar-refractivity contribution in [2.75, 3.05) is 7.11 Å². The topological polar surface area (TPSA) is 39.9 Å². The maximum atomic E-state index is 6.11. The minimum atomic E-state index is 0.139. The van der Waals surface area contributed by atoms with Gasteiger partial charge in [-0.2, -0.15) is 0 Å². The Morgan fingerprint density at radius 2 is 1.77 bits per heavy atom. The van der Waals surface area contributed by atoms with Gasteiger partial charge in [-0.1, -0.05) is 36.2 Å². The first kappa shape index (κ1) is 16.9. The highest BCUT2D eigenvalue weighted by Gasteiger charge is 2.28. The lowest BCUT2D eigenvalue weighted by Crippen LogP contribution is -2.06. The van der Waals surface area contributed by atoms with Gasteiger partial charge >= 0.3 is 0 Å². The van der Waals surface area contributed by atoms with Crippen LogP contribution in [0.2, 0.25) is 5.02 Å². The predicted molar refractivity (Wildman–Crippen MR) is 104 cm³/mol. The SMILES string of the molecule is COc1ccc2c(c1)C(c1ccc(Cl)cc1)=C(C)C(C)c1nnc(C)n1-2. The third kappa shape index (κ3) is 2.53. The summed E-state index contributed by atoms with van der Waals surface area (Å²) in [5.74, 6) is 2.80. The number of fused-ring (bicyclic) bond motifs is 3. The van der Waals surface area contributed by atoms with Crippen molar-refractivity contribution >= 4 is 17.2 Å². The Bertz CT molecular complexity index is 1020. The highest BCUT2D eigenvalue weighted by Crippen LogP contribution is 2.42. The molecule has 0 saturated carbocycles. The minimum Gasteiger partial charge on any atom is -0.497 e. The second-order valence-electron chi connectivity index (χ2n) is 6.61. The molecular weight excluding hydrogens is 346 g/mol. The molecule has 5 heteroatoms. The summed E-state index contributed by atoms with van der Waals surface area (Å²) in [6.07, 6.45) is 0. The van der Waals surface area contributed by atoms with E-state index in [2.05, 4.69) is 52.9 Å². The van der Waals surface area contributed by atoms with Crippen LogP contribution in [-0.4, -0.2) is 21.9 Å². The van der Waals surface area contributed by atoms with E-state index >= 15 is 0 Å². The van der Waals surface area contributed by atoms with Gasteiger partial charge in [-0.05, 0) is 55.3 Å². The zero-order chi connectivity index (χ0) is 18.4. The fourth-order valence-electron chi connectivity index (χ4n) is 3.62. The van der Waals surface area contributed by atoms with Crippen LogP contribution in [0.1, 0.15) is 42.5 Å². The summed E-state index contributed by atoms with van der Waals surface area (Å²) in [5.41, 5.74) is 5.74. The lowest BCUT2D eigenvalue weighted by molar-refractivity contribution is 0.414. The number of methoxy groups -OCH3 is 1. The molecule has 0 bridgehead atoms. The lowest BCUT2D eigenvalue weighted by atomic mass is 9.88. The number of aryl methyl sites for hydroxylation is 1. The van der Waals surface area contributed by atoms with Crippen LogP contribution in [-0.2, 0) is 0 Å². The number of hydrogen-bond acceptors (Lipinski definition) is 3. The smallest absolute Gasteiger partial charge is 0.144 e. The van der Waals surface area contributed by atoms with Gasteiger partial charge in [0.05, 0.1) is 12.8 Å². The Kier molecular flexibility index (Phi) is 4.08. The van der Waals surface area contributed by atoms with E-state index in [1.807, 2.05) is 25.1 Å². The zero-order valence-corrected chi connectivity index (χ0v) is 16.0. The number of rotatable bonds is 2. The van der Waals surface area contributed by atoms with E-state index in [0.29, 0.717) is 0 Å². The van der Waals surface area contributed by atoms with Gasteiger partial charge in [-0.25, -0.2) is 0 Å². The molecule has 3 aromatic rings. The Labute approximate surface area is 158 Å². The van der Waals surface area contributed by atoms with Gasteiger partial charge in [0.25, 0.3) is 0 Å². The number of ether oxygens (including phenoxy) is 1. The number of aromatic nitrogens is 3. The number of hydrogen-bond donors (Lipinski definition) is 0. The zero-order valence-electron chi connectivity index (χ0n) is 15.2. The number of nitrogens with zero attached hydrogens (tertiary/aromatic N) is 3. The highest BCUT2D eigenvalue weighted by atomic mass is 35.5. The quantitative estimate of drug-likeness (QED) is 0.628. The molecule has 0 radical (unpaired) electrons. The monoisotopic (exact) mass is 365 g/mol. The van der Waals surface area contributed by atoms with Gasteiger partial charge in [0.15, 0.2) is 0 Å². The first-order valence-corrected chi connectivity index (χ1v) is 8.96. The summed E-state index contributed by atoms with van der Waals surface area (Å²) in [6.45, 7) is 6.33. The normalized spacial score (nSPS) is 16.1. The molecule has 0 saturated heterocycles. The van der Waals surface area contributed by atoms with Crippen LogP contribution >= 0.6 is 11.6 Å². The van der Waals surface area contributed by atoms with Crippen LogP contribution in [0.25, 0.3) is 11.3 Å². The van der Waals surface area contributed by atoms with E-state index in [9.17, 15) is 0 Å². The summed E-state index contributed by atoms with van der Waals surface area (Å²) in [7, 11) is 1.69. The van der Waals surface area contributed by atoms with Gasteiger partial charge in [0.2, 0.25) is 0 Å². The largest absolute Gasteiger partial charge is 0.497 e. The average molecular weight is 366 g/mol. The highest BCUT2D eigenvalue weighted by molar-refractivity contribution is 6.30. The fourth-order valence-corrected chi connectivity index (χ4v) is 3.74.